The zero-order chi connectivity index (χ0) is 13.1. The topological polar surface area (TPSA) is 74.5 Å². The van der Waals surface area contributed by atoms with Crippen LogP contribution in [0.25, 0.3) is 11.1 Å². The van der Waals surface area contributed by atoms with E-state index >= 15 is 0 Å². The van der Waals surface area contributed by atoms with Crippen molar-refractivity contribution in [1.82, 2.24) is 16.5 Å². The fourth-order valence-electron chi connectivity index (χ4n) is 2.09. The SMILES string of the molecule is NCc1ccc(-c2ccccc2C2=NNNN2)cc1. The van der Waals surface area contributed by atoms with Crippen LogP contribution in [0.1, 0.15) is 11.1 Å². The van der Waals surface area contributed by atoms with Crippen molar-refractivity contribution in [2.75, 3.05) is 0 Å². The lowest BCUT2D eigenvalue weighted by atomic mass is 9.98. The van der Waals surface area contributed by atoms with E-state index in [-0.39, 0.29) is 0 Å². The van der Waals surface area contributed by atoms with Crippen LogP contribution in [-0.4, -0.2) is 5.84 Å². The second kappa shape index (κ2) is 5.09. The Morgan fingerprint density at radius 2 is 1.68 bits per heavy atom. The van der Waals surface area contributed by atoms with Gasteiger partial charge in [0.1, 0.15) is 0 Å². The maximum absolute atomic E-state index is 5.62. The van der Waals surface area contributed by atoms with Gasteiger partial charge in [0.2, 0.25) is 0 Å². The third kappa shape index (κ3) is 2.29. The molecule has 5 nitrogen and oxygen atoms in total. The number of amidine groups is 1. The van der Waals surface area contributed by atoms with Gasteiger partial charge in [0.05, 0.1) is 0 Å². The quantitative estimate of drug-likeness (QED) is 0.660. The van der Waals surface area contributed by atoms with E-state index in [1.165, 1.54) is 0 Å². The molecular formula is C14H15N5. The molecule has 0 aliphatic carbocycles. The smallest absolute Gasteiger partial charge is 0.171 e. The molecule has 0 radical (unpaired) electrons. The average Bonchev–Trinajstić information content (AvgIpc) is 3.01. The highest BCUT2D eigenvalue weighted by atomic mass is 15.8. The van der Waals surface area contributed by atoms with Crippen LogP contribution in [0.5, 0.6) is 0 Å². The summed E-state index contributed by atoms with van der Waals surface area (Å²) in [5, 5.41) is 4.15. The Labute approximate surface area is 111 Å². The van der Waals surface area contributed by atoms with E-state index in [1.54, 1.807) is 0 Å². The molecule has 2 aromatic rings. The minimum Gasteiger partial charge on any atom is -0.326 e. The molecule has 0 bridgehead atoms. The highest BCUT2D eigenvalue weighted by Gasteiger charge is 2.13. The van der Waals surface area contributed by atoms with Crippen molar-refractivity contribution in [3.63, 3.8) is 0 Å². The molecular weight excluding hydrogens is 238 g/mol. The third-order valence-corrected chi connectivity index (χ3v) is 3.09. The number of nitrogens with zero attached hydrogens (tertiary/aromatic N) is 1. The monoisotopic (exact) mass is 253 g/mol. The van der Waals surface area contributed by atoms with Gasteiger partial charge in [0, 0.05) is 12.1 Å². The zero-order valence-electron chi connectivity index (χ0n) is 10.4. The van der Waals surface area contributed by atoms with Gasteiger partial charge in [-0.1, -0.05) is 48.5 Å². The Hall–Kier alpha value is -2.37. The molecule has 3 rings (SSSR count). The lowest BCUT2D eigenvalue weighted by molar-refractivity contribution is 0.577. The average molecular weight is 253 g/mol. The second-order valence-electron chi connectivity index (χ2n) is 4.27. The van der Waals surface area contributed by atoms with Crippen LogP contribution in [-0.2, 0) is 6.54 Å². The Kier molecular flexibility index (Phi) is 3.14. The Balaban J connectivity index is 2.03. The molecule has 0 saturated carbocycles. The van der Waals surface area contributed by atoms with Crippen molar-refractivity contribution in [2.24, 2.45) is 10.8 Å². The lowest BCUT2D eigenvalue weighted by Crippen LogP contribution is -2.35. The minimum atomic E-state index is 0.560. The number of hydrogen-bond acceptors (Lipinski definition) is 5. The maximum atomic E-state index is 5.62. The first-order valence-corrected chi connectivity index (χ1v) is 6.11. The first-order chi connectivity index (χ1) is 9.38. The Morgan fingerprint density at radius 3 is 2.32 bits per heavy atom. The highest BCUT2D eigenvalue weighted by molar-refractivity contribution is 6.04. The standard InChI is InChI=1S/C14H15N5/c15-9-10-5-7-11(8-6-10)12-3-1-2-4-13(12)14-16-18-19-17-14/h1-8,18-19H,9,15H2,(H,16,17). The summed E-state index contributed by atoms with van der Waals surface area (Å²) in [6, 6.07) is 16.4. The molecule has 0 fully saturated rings. The summed E-state index contributed by atoms with van der Waals surface area (Å²) >= 11 is 0. The lowest BCUT2D eigenvalue weighted by Gasteiger charge is -2.09. The summed E-state index contributed by atoms with van der Waals surface area (Å²) < 4.78 is 0. The second-order valence-corrected chi connectivity index (χ2v) is 4.27. The summed E-state index contributed by atoms with van der Waals surface area (Å²) in [4.78, 5) is 0. The molecule has 0 atom stereocenters. The number of rotatable bonds is 3. The van der Waals surface area contributed by atoms with Gasteiger partial charge in [-0.15, -0.1) is 10.6 Å². The number of hydrazine groups is 2. The molecule has 19 heavy (non-hydrogen) atoms. The first-order valence-electron chi connectivity index (χ1n) is 6.11. The van der Waals surface area contributed by atoms with Gasteiger partial charge in [-0.05, 0) is 16.7 Å². The summed E-state index contributed by atoms with van der Waals surface area (Å²) in [7, 11) is 0. The van der Waals surface area contributed by atoms with Crippen LogP contribution >= 0.6 is 0 Å². The Morgan fingerprint density at radius 1 is 0.947 bits per heavy atom. The van der Waals surface area contributed by atoms with Crippen molar-refractivity contribution >= 4 is 5.84 Å². The van der Waals surface area contributed by atoms with Crippen molar-refractivity contribution in [3.05, 3.63) is 59.7 Å². The van der Waals surface area contributed by atoms with Gasteiger partial charge in [-0.3, -0.25) is 5.43 Å². The minimum absolute atomic E-state index is 0.560. The van der Waals surface area contributed by atoms with E-state index in [4.69, 9.17) is 5.73 Å². The number of nitrogens with two attached hydrogens (primary N) is 1. The van der Waals surface area contributed by atoms with Crippen molar-refractivity contribution in [3.8, 4) is 11.1 Å². The molecule has 0 saturated heterocycles. The summed E-state index contributed by atoms with van der Waals surface area (Å²) in [6.45, 7) is 0.560. The van der Waals surface area contributed by atoms with Crippen LogP contribution in [0.15, 0.2) is 53.6 Å². The molecule has 5 N–H and O–H groups in total. The van der Waals surface area contributed by atoms with Gasteiger partial charge in [-0.2, -0.15) is 0 Å². The van der Waals surface area contributed by atoms with E-state index in [0.717, 1.165) is 28.1 Å². The van der Waals surface area contributed by atoms with E-state index < -0.39 is 0 Å². The van der Waals surface area contributed by atoms with E-state index in [9.17, 15) is 0 Å². The fraction of sp³-hybridized carbons (Fsp3) is 0.0714. The number of benzene rings is 2. The molecule has 0 spiro atoms. The van der Waals surface area contributed by atoms with Crippen LogP contribution in [0, 0.1) is 0 Å². The van der Waals surface area contributed by atoms with E-state index in [0.29, 0.717) is 6.54 Å². The van der Waals surface area contributed by atoms with Gasteiger partial charge in [0.15, 0.2) is 5.84 Å². The maximum Gasteiger partial charge on any atom is 0.171 e. The van der Waals surface area contributed by atoms with Crippen molar-refractivity contribution < 1.29 is 0 Å². The molecule has 96 valence electrons. The van der Waals surface area contributed by atoms with Crippen molar-refractivity contribution in [2.45, 2.75) is 6.54 Å². The Bertz CT molecular complexity index is 603. The van der Waals surface area contributed by atoms with Crippen LogP contribution in [0.3, 0.4) is 0 Å². The molecule has 1 heterocycles. The van der Waals surface area contributed by atoms with Crippen LogP contribution in [0.4, 0.5) is 0 Å². The predicted octanol–water partition coefficient (Wildman–Crippen LogP) is 1.09. The first kappa shape index (κ1) is 11.7. The molecule has 0 unspecified atom stereocenters. The number of hydrazone groups is 1. The third-order valence-electron chi connectivity index (χ3n) is 3.09. The van der Waals surface area contributed by atoms with Crippen LogP contribution in [0.2, 0.25) is 0 Å². The highest BCUT2D eigenvalue weighted by Crippen LogP contribution is 2.24. The van der Waals surface area contributed by atoms with E-state index in [2.05, 4.69) is 39.8 Å². The summed E-state index contributed by atoms with van der Waals surface area (Å²) in [5.74, 6) is 0.776. The molecule has 2 aromatic carbocycles. The molecule has 1 aliphatic rings. The van der Waals surface area contributed by atoms with Gasteiger partial charge in [0.25, 0.3) is 0 Å². The predicted molar refractivity (Wildman–Crippen MR) is 75.7 cm³/mol. The summed E-state index contributed by atoms with van der Waals surface area (Å²) in [6.07, 6.45) is 0. The molecule has 5 heteroatoms. The van der Waals surface area contributed by atoms with Crippen LogP contribution < -0.4 is 22.2 Å². The summed E-state index contributed by atoms with van der Waals surface area (Å²) in [5.41, 5.74) is 18.5. The molecule has 0 amide bonds. The fourth-order valence-corrected chi connectivity index (χ4v) is 2.09. The van der Waals surface area contributed by atoms with E-state index in [1.807, 2.05) is 30.3 Å². The van der Waals surface area contributed by atoms with Gasteiger partial charge < -0.3 is 5.73 Å². The largest absolute Gasteiger partial charge is 0.326 e. The molecule has 1 aliphatic heterocycles. The number of nitrogens with one attached hydrogen (secondary N) is 3. The van der Waals surface area contributed by atoms with Gasteiger partial charge in [-0.25, -0.2) is 5.53 Å². The van der Waals surface area contributed by atoms with Gasteiger partial charge >= 0.3 is 0 Å². The molecule has 0 aromatic heterocycles. The normalized spacial score (nSPS) is 13.6. The zero-order valence-corrected chi connectivity index (χ0v) is 10.4. The number of hydrogen-bond donors (Lipinski definition) is 4. The van der Waals surface area contributed by atoms with Crippen molar-refractivity contribution in [1.29, 1.82) is 0 Å².